The molecule has 0 aliphatic rings. The lowest BCUT2D eigenvalue weighted by Crippen LogP contribution is -2.35. The van der Waals surface area contributed by atoms with Crippen molar-refractivity contribution in [3.05, 3.63) is 71.5 Å². The predicted octanol–water partition coefficient (Wildman–Crippen LogP) is 4.01. The Bertz CT molecular complexity index is 1030. The van der Waals surface area contributed by atoms with Gasteiger partial charge in [0.15, 0.2) is 5.16 Å². The van der Waals surface area contributed by atoms with Crippen LogP contribution in [0.25, 0.3) is 5.69 Å². The van der Waals surface area contributed by atoms with E-state index >= 15 is 0 Å². The summed E-state index contributed by atoms with van der Waals surface area (Å²) in [5.41, 5.74) is 4.57. The minimum absolute atomic E-state index is 0.0158. The molecule has 1 N–H and O–H groups in total. The van der Waals surface area contributed by atoms with Gasteiger partial charge in [-0.1, -0.05) is 42.1 Å². The van der Waals surface area contributed by atoms with E-state index in [0.717, 1.165) is 22.2 Å². The van der Waals surface area contributed by atoms with Crippen LogP contribution in [0.3, 0.4) is 0 Å². The lowest BCUT2D eigenvalue weighted by atomic mass is 10.0. The lowest BCUT2D eigenvalue weighted by Gasteiger charge is -2.26. The molecule has 1 heterocycles. The average Bonchev–Trinajstić information content (AvgIpc) is 3.22. The van der Waals surface area contributed by atoms with Crippen molar-refractivity contribution in [3.8, 4) is 11.4 Å². The Morgan fingerprint density at radius 2 is 1.97 bits per heavy atom. The number of imidazole rings is 1. The molecule has 2 aromatic carbocycles. The second-order valence-electron chi connectivity index (χ2n) is 7.61. The van der Waals surface area contributed by atoms with Gasteiger partial charge in [0, 0.05) is 24.5 Å². The van der Waals surface area contributed by atoms with E-state index in [-0.39, 0.29) is 11.9 Å². The molecule has 0 aliphatic carbocycles. The molecule has 0 spiro atoms. The Kier molecular flexibility index (Phi) is 7.76. The van der Waals surface area contributed by atoms with Crippen LogP contribution in [0.1, 0.15) is 22.7 Å². The topological polar surface area (TPSA) is 59.4 Å². The van der Waals surface area contributed by atoms with Crippen LogP contribution in [-0.4, -0.2) is 53.9 Å². The van der Waals surface area contributed by atoms with E-state index in [9.17, 15) is 4.79 Å². The number of carbonyl (C=O) groups excluding carboxylic acids is 1. The summed E-state index contributed by atoms with van der Waals surface area (Å²) in [7, 11) is 5.66. The van der Waals surface area contributed by atoms with Crippen molar-refractivity contribution in [1.82, 2.24) is 19.8 Å². The molecule has 0 aliphatic heterocycles. The molecule has 1 atom stereocenters. The molecular formula is C24H30N4O2S. The minimum atomic E-state index is -0.0257. The van der Waals surface area contributed by atoms with Crippen molar-refractivity contribution in [2.45, 2.75) is 25.0 Å². The number of methoxy groups -OCH3 is 1. The van der Waals surface area contributed by atoms with Crippen molar-refractivity contribution in [1.29, 1.82) is 0 Å². The van der Waals surface area contributed by atoms with E-state index in [1.54, 1.807) is 13.3 Å². The van der Waals surface area contributed by atoms with Crippen LogP contribution in [0.2, 0.25) is 0 Å². The van der Waals surface area contributed by atoms with Gasteiger partial charge in [-0.25, -0.2) is 4.98 Å². The number of rotatable bonds is 9. The van der Waals surface area contributed by atoms with Crippen molar-refractivity contribution in [2.75, 3.05) is 33.5 Å². The second kappa shape index (κ2) is 10.5. The fraction of sp³-hybridized carbons (Fsp3) is 0.333. The molecule has 7 heteroatoms. The van der Waals surface area contributed by atoms with Crippen LogP contribution in [-0.2, 0) is 4.79 Å². The number of carbonyl (C=O) groups is 1. The van der Waals surface area contributed by atoms with Crippen LogP contribution in [0.15, 0.2) is 60.0 Å². The number of thioether (sulfide) groups is 1. The van der Waals surface area contributed by atoms with Crippen LogP contribution >= 0.6 is 11.8 Å². The summed E-state index contributed by atoms with van der Waals surface area (Å²) in [6.07, 6.45) is 3.71. The molecule has 1 unspecified atom stereocenters. The van der Waals surface area contributed by atoms with E-state index in [1.165, 1.54) is 22.9 Å². The Hall–Kier alpha value is -2.77. The molecule has 1 amide bonds. The third-order valence-electron chi connectivity index (χ3n) is 5.39. The highest BCUT2D eigenvalue weighted by atomic mass is 32.2. The van der Waals surface area contributed by atoms with Crippen LogP contribution in [0, 0.1) is 13.8 Å². The van der Waals surface area contributed by atoms with Crippen LogP contribution < -0.4 is 10.1 Å². The summed E-state index contributed by atoms with van der Waals surface area (Å²) < 4.78 is 7.54. The third-order valence-corrected chi connectivity index (χ3v) is 6.36. The van der Waals surface area contributed by atoms with Gasteiger partial charge in [-0.3, -0.25) is 9.36 Å². The maximum absolute atomic E-state index is 12.6. The second-order valence-corrected chi connectivity index (χ2v) is 8.56. The van der Waals surface area contributed by atoms with Gasteiger partial charge in [0.25, 0.3) is 0 Å². The highest BCUT2D eigenvalue weighted by Crippen LogP contribution is 2.28. The number of aryl methyl sites for hydroxylation is 1. The Morgan fingerprint density at radius 1 is 1.19 bits per heavy atom. The molecule has 0 saturated carbocycles. The monoisotopic (exact) mass is 438 g/mol. The van der Waals surface area contributed by atoms with E-state index in [0.29, 0.717) is 12.3 Å². The first-order valence-electron chi connectivity index (χ1n) is 10.2. The van der Waals surface area contributed by atoms with E-state index in [2.05, 4.69) is 41.2 Å². The maximum atomic E-state index is 12.6. The largest absolute Gasteiger partial charge is 0.496 e. The van der Waals surface area contributed by atoms with Gasteiger partial charge in [-0.15, -0.1) is 0 Å². The third kappa shape index (κ3) is 5.48. The highest BCUT2D eigenvalue weighted by molar-refractivity contribution is 7.99. The number of aromatic nitrogens is 2. The van der Waals surface area contributed by atoms with Crippen LogP contribution in [0.4, 0.5) is 0 Å². The number of hydrogen-bond donors (Lipinski definition) is 1. The summed E-state index contributed by atoms with van der Waals surface area (Å²) in [6.45, 7) is 4.70. The van der Waals surface area contributed by atoms with Crippen LogP contribution in [0.5, 0.6) is 5.75 Å². The molecular weight excluding hydrogens is 408 g/mol. The van der Waals surface area contributed by atoms with E-state index < -0.39 is 0 Å². The highest BCUT2D eigenvalue weighted by Gasteiger charge is 2.19. The summed E-state index contributed by atoms with van der Waals surface area (Å²) >= 11 is 1.44. The molecule has 1 aromatic heterocycles. The number of nitrogens with one attached hydrogen (secondary N) is 1. The standard InChI is InChI=1S/C24H30N4O2S/c1-17-9-8-11-20(18(17)2)28-14-13-25-24(28)31-16-23(29)26-15-21(27(3)4)19-10-6-7-12-22(19)30-5/h6-14,21H,15-16H2,1-5H3,(H,26,29). The van der Waals surface area contributed by atoms with Crippen molar-refractivity contribution >= 4 is 17.7 Å². The molecule has 0 saturated heterocycles. The quantitative estimate of drug-likeness (QED) is 0.512. The zero-order valence-corrected chi connectivity index (χ0v) is 19.6. The summed E-state index contributed by atoms with van der Waals surface area (Å²) in [6, 6.07) is 14.1. The normalized spacial score (nSPS) is 12.1. The van der Waals surface area contributed by atoms with E-state index in [4.69, 9.17) is 4.74 Å². The number of nitrogens with zero attached hydrogens (tertiary/aromatic N) is 3. The fourth-order valence-corrected chi connectivity index (χ4v) is 4.28. The Morgan fingerprint density at radius 3 is 2.71 bits per heavy atom. The molecule has 31 heavy (non-hydrogen) atoms. The number of benzene rings is 2. The first kappa shape index (κ1) is 22.9. The lowest BCUT2D eigenvalue weighted by molar-refractivity contribution is -0.118. The van der Waals surface area contributed by atoms with Gasteiger partial charge in [0.05, 0.1) is 24.6 Å². The first-order valence-corrected chi connectivity index (χ1v) is 11.2. The van der Waals surface area contributed by atoms with Crippen molar-refractivity contribution < 1.29 is 9.53 Å². The molecule has 0 bridgehead atoms. The van der Waals surface area contributed by atoms with Crippen molar-refractivity contribution in [3.63, 3.8) is 0 Å². The number of para-hydroxylation sites is 1. The molecule has 164 valence electrons. The van der Waals surface area contributed by atoms with Gasteiger partial charge >= 0.3 is 0 Å². The fourth-order valence-electron chi connectivity index (χ4n) is 3.48. The number of hydrogen-bond acceptors (Lipinski definition) is 5. The molecule has 3 rings (SSSR count). The molecule has 0 fully saturated rings. The smallest absolute Gasteiger partial charge is 0.230 e. The molecule has 0 radical (unpaired) electrons. The summed E-state index contributed by atoms with van der Waals surface area (Å²) in [4.78, 5) is 19.1. The Balaban J connectivity index is 1.63. The summed E-state index contributed by atoms with van der Waals surface area (Å²) in [5.74, 6) is 1.09. The first-order chi connectivity index (χ1) is 14.9. The predicted molar refractivity (Wildman–Crippen MR) is 126 cm³/mol. The minimum Gasteiger partial charge on any atom is -0.496 e. The number of amides is 1. The Labute approximate surface area is 188 Å². The molecule has 6 nitrogen and oxygen atoms in total. The zero-order chi connectivity index (χ0) is 22.4. The van der Waals surface area contributed by atoms with Crippen molar-refractivity contribution in [2.24, 2.45) is 0 Å². The summed E-state index contributed by atoms with van der Waals surface area (Å²) in [5, 5.41) is 3.87. The maximum Gasteiger partial charge on any atom is 0.230 e. The number of ether oxygens (including phenoxy) is 1. The molecule has 3 aromatic rings. The number of likely N-dealkylation sites (N-methyl/N-ethyl adjacent to an activating group) is 1. The van der Waals surface area contributed by atoms with Gasteiger partial charge in [-0.05, 0) is 51.2 Å². The zero-order valence-electron chi connectivity index (χ0n) is 18.8. The van der Waals surface area contributed by atoms with Gasteiger partial charge in [0.1, 0.15) is 5.75 Å². The van der Waals surface area contributed by atoms with E-state index in [1.807, 2.05) is 55.2 Å². The van der Waals surface area contributed by atoms with Gasteiger partial charge < -0.3 is 15.0 Å². The van der Waals surface area contributed by atoms with Gasteiger partial charge in [-0.2, -0.15) is 0 Å². The average molecular weight is 439 g/mol. The SMILES string of the molecule is COc1ccccc1C(CNC(=O)CSc1nccn1-c1cccc(C)c1C)N(C)C. The van der Waals surface area contributed by atoms with Gasteiger partial charge in [0.2, 0.25) is 5.91 Å².